The molecular formula is C11H18N2O2. The van der Waals surface area contributed by atoms with Crippen LogP contribution in [-0.2, 0) is 9.53 Å². The van der Waals surface area contributed by atoms with Crippen molar-refractivity contribution in [3.63, 3.8) is 0 Å². The summed E-state index contributed by atoms with van der Waals surface area (Å²) < 4.78 is 5.12. The summed E-state index contributed by atoms with van der Waals surface area (Å²) >= 11 is 0. The molecule has 0 aromatic carbocycles. The minimum absolute atomic E-state index is 0.123. The second kappa shape index (κ2) is 5.72. The molecule has 0 atom stereocenters. The van der Waals surface area contributed by atoms with E-state index in [2.05, 4.69) is 11.4 Å². The standard InChI is InChI=1S/C11H18N2O2/c1-2-15-8-7-13-10(14)11(9-12)5-3-4-6-11/h2-8H2,1H3,(H,13,14). The van der Waals surface area contributed by atoms with E-state index < -0.39 is 5.41 Å². The molecule has 1 fully saturated rings. The Labute approximate surface area is 90.6 Å². The third-order valence-corrected chi connectivity index (χ3v) is 2.84. The lowest BCUT2D eigenvalue weighted by Crippen LogP contribution is -2.39. The normalized spacial score (nSPS) is 18.4. The Hall–Kier alpha value is -1.08. The van der Waals surface area contributed by atoms with Crippen LogP contribution in [0.1, 0.15) is 32.6 Å². The lowest BCUT2D eigenvalue weighted by Gasteiger charge is -2.18. The molecule has 1 aliphatic carbocycles. The van der Waals surface area contributed by atoms with E-state index in [1.807, 2.05) is 6.92 Å². The van der Waals surface area contributed by atoms with Crippen LogP contribution in [0, 0.1) is 16.7 Å². The number of ether oxygens (including phenoxy) is 1. The van der Waals surface area contributed by atoms with Crippen molar-refractivity contribution < 1.29 is 9.53 Å². The van der Waals surface area contributed by atoms with Crippen molar-refractivity contribution in [2.24, 2.45) is 5.41 Å². The van der Waals surface area contributed by atoms with E-state index in [9.17, 15) is 4.79 Å². The predicted octanol–water partition coefficient (Wildman–Crippen LogP) is 1.22. The van der Waals surface area contributed by atoms with Crippen LogP contribution in [0.5, 0.6) is 0 Å². The summed E-state index contributed by atoms with van der Waals surface area (Å²) in [6, 6.07) is 2.17. The summed E-state index contributed by atoms with van der Waals surface area (Å²) in [5, 5.41) is 11.8. The molecule has 1 aliphatic rings. The second-order valence-electron chi connectivity index (χ2n) is 3.85. The lowest BCUT2D eigenvalue weighted by atomic mass is 9.87. The topological polar surface area (TPSA) is 62.1 Å². The molecule has 4 heteroatoms. The number of carbonyl (C=O) groups excluding carboxylic acids is 1. The smallest absolute Gasteiger partial charge is 0.240 e. The van der Waals surface area contributed by atoms with Gasteiger partial charge in [-0.15, -0.1) is 0 Å². The molecule has 0 saturated heterocycles. The van der Waals surface area contributed by atoms with E-state index in [1.165, 1.54) is 0 Å². The van der Waals surface area contributed by atoms with E-state index in [0.717, 1.165) is 12.8 Å². The number of amides is 1. The van der Waals surface area contributed by atoms with Crippen molar-refractivity contribution >= 4 is 5.91 Å². The Morgan fingerprint density at radius 2 is 2.20 bits per heavy atom. The van der Waals surface area contributed by atoms with Crippen LogP contribution < -0.4 is 5.32 Å². The first kappa shape index (κ1) is 12.0. The van der Waals surface area contributed by atoms with Crippen molar-refractivity contribution in [2.75, 3.05) is 19.8 Å². The van der Waals surface area contributed by atoms with Gasteiger partial charge in [0, 0.05) is 13.2 Å². The fourth-order valence-electron chi connectivity index (χ4n) is 1.92. The molecule has 0 unspecified atom stereocenters. The fraction of sp³-hybridized carbons (Fsp3) is 0.818. The van der Waals surface area contributed by atoms with Gasteiger partial charge in [0.15, 0.2) is 0 Å². The van der Waals surface area contributed by atoms with Crippen LogP contribution in [0.3, 0.4) is 0 Å². The number of hydrogen-bond donors (Lipinski definition) is 1. The zero-order valence-electron chi connectivity index (χ0n) is 9.21. The van der Waals surface area contributed by atoms with Crippen molar-refractivity contribution in [3.05, 3.63) is 0 Å². The molecule has 4 nitrogen and oxygen atoms in total. The van der Waals surface area contributed by atoms with Gasteiger partial charge in [0.05, 0.1) is 12.7 Å². The molecule has 1 rings (SSSR count). The fourth-order valence-corrected chi connectivity index (χ4v) is 1.92. The SMILES string of the molecule is CCOCCNC(=O)C1(C#N)CCCC1. The van der Waals surface area contributed by atoms with Crippen LogP contribution in [0.4, 0.5) is 0 Å². The van der Waals surface area contributed by atoms with E-state index in [1.54, 1.807) is 0 Å². The molecule has 1 amide bonds. The number of nitrogens with zero attached hydrogens (tertiary/aromatic N) is 1. The summed E-state index contributed by atoms with van der Waals surface area (Å²) in [5.41, 5.74) is -0.758. The Kier molecular flexibility index (Phi) is 4.57. The maximum Gasteiger partial charge on any atom is 0.240 e. The zero-order chi connectivity index (χ0) is 11.1. The van der Waals surface area contributed by atoms with Gasteiger partial charge in [0.1, 0.15) is 5.41 Å². The summed E-state index contributed by atoms with van der Waals surface area (Å²) in [5.74, 6) is -0.123. The van der Waals surface area contributed by atoms with Crippen molar-refractivity contribution in [3.8, 4) is 6.07 Å². The Balaban J connectivity index is 2.35. The first-order valence-corrected chi connectivity index (χ1v) is 5.52. The van der Waals surface area contributed by atoms with Crippen LogP contribution >= 0.6 is 0 Å². The third kappa shape index (κ3) is 2.93. The largest absolute Gasteiger partial charge is 0.380 e. The van der Waals surface area contributed by atoms with Gasteiger partial charge in [0.2, 0.25) is 5.91 Å². The van der Waals surface area contributed by atoms with Gasteiger partial charge >= 0.3 is 0 Å². The Bertz CT molecular complexity index is 252. The number of nitrogens with one attached hydrogen (secondary N) is 1. The van der Waals surface area contributed by atoms with Crippen LogP contribution in [-0.4, -0.2) is 25.7 Å². The van der Waals surface area contributed by atoms with Gasteiger partial charge in [0.25, 0.3) is 0 Å². The Morgan fingerprint density at radius 3 is 2.73 bits per heavy atom. The third-order valence-electron chi connectivity index (χ3n) is 2.84. The van der Waals surface area contributed by atoms with E-state index in [4.69, 9.17) is 10.00 Å². The molecule has 1 N–H and O–H groups in total. The number of hydrogen-bond acceptors (Lipinski definition) is 3. The number of carbonyl (C=O) groups is 1. The number of nitriles is 1. The molecule has 0 aromatic rings. The van der Waals surface area contributed by atoms with Crippen LogP contribution in [0.25, 0.3) is 0 Å². The summed E-state index contributed by atoms with van der Waals surface area (Å²) in [4.78, 5) is 11.8. The molecule has 84 valence electrons. The van der Waals surface area contributed by atoms with E-state index in [-0.39, 0.29) is 5.91 Å². The van der Waals surface area contributed by atoms with E-state index in [0.29, 0.717) is 32.6 Å². The van der Waals surface area contributed by atoms with Crippen molar-refractivity contribution in [1.82, 2.24) is 5.32 Å². The van der Waals surface area contributed by atoms with Crippen molar-refractivity contribution in [1.29, 1.82) is 5.26 Å². The molecule has 1 saturated carbocycles. The maximum absolute atomic E-state index is 11.8. The predicted molar refractivity (Wildman–Crippen MR) is 56.0 cm³/mol. The Morgan fingerprint density at radius 1 is 1.53 bits per heavy atom. The average molecular weight is 210 g/mol. The van der Waals surface area contributed by atoms with Gasteiger partial charge in [-0.05, 0) is 19.8 Å². The van der Waals surface area contributed by atoms with E-state index >= 15 is 0 Å². The lowest BCUT2D eigenvalue weighted by molar-refractivity contribution is -0.128. The molecule has 0 bridgehead atoms. The summed E-state index contributed by atoms with van der Waals surface area (Å²) in [6.45, 7) is 3.58. The quantitative estimate of drug-likeness (QED) is 0.694. The molecule has 15 heavy (non-hydrogen) atoms. The van der Waals surface area contributed by atoms with Gasteiger partial charge in [-0.25, -0.2) is 0 Å². The van der Waals surface area contributed by atoms with Gasteiger partial charge < -0.3 is 10.1 Å². The molecular weight excluding hydrogens is 192 g/mol. The van der Waals surface area contributed by atoms with Gasteiger partial charge in [-0.2, -0.15) is 5.26 Å². The summed E-state index contributed by atoms with van der Waals surface area (Å²) in [6.07, 6.45) is 3.35. The van der Waals surface area contributed by atoms with Crippen molar-refractivity contribution in [2.45, 2.75) is 32.6 Å². The average Bonchev–Trinajstić information content (AvgIpc) is 2.74. The molecule has 0 radical (unpaired) electrons. The minimum atomic E-state index is -0.758. The highest BCUT2D eigenvalue weighted by atomic mass is 16.5. The molecule has 0 aliphatic heterocycles. The van der Waals surface area contributed by atoms with Crippen LogP contribution in [0.2, 0.25) is 0 Å². The molecule has 0 spiro atoms. The highest BCUT2D eigenvalue weighted by Gasteiger charge is 2.41. The molecule has 0 heterocycles. The highest BCUT2D eigenvalue weighted by Crippen LogP contribution is 2.37. The minimum Gasteiger partial charge on any atom is -0.380 e. The second-order valence-corrected chi connectivity index (χ2v) is 3.85. The molecule has 0 aromatic heterocycles. The first-order valence-electron chi connectivity index (χ1n) is 5.52. The zero-order valence-corrected chi connectivity index (χ0v) is 9.21. The number of rotatable bonds is 5. The monoisotopic (exact) mass is 210 g/mol. The summed E-state index contributed by atoms with van der Waals surface area (Å²) in [7, 11) is 0. The van der Waals surface area contributed by atoms with Crippen LogP contribution in [0.15, 0.2) is 0 Å². The van der Waals surface area contributed by atoms with Gasteiger partial charge in [-0.3, -0.25) is 4.79 Å². The highest BCUT2D eigenvalue weighted by molar-refractivity contribution is 5.85. The first-order chi connectivity index (χ1) is 7.25. The van der Waals surface area contributed by atoms with Gasteiger partial charge in [-0.1, -0.05) is 12.8 Å². The maximum atomic E-state index is 11.8.